The molecule has 0 amide bonds. The van der Waals surface area contributed by atoms with Crippen LogP contribution in [-0.4, -0.2) is 28.8 Å². The number of nitrogens with zero attached hydrogens (tertiary/aromatic N) is 4. The topological polar surface area (TPSA) is 108 Å². The number of halogens is 1. The molecule has 0 unspecified atom stereocenters. The summed E-state index contributed by atoms with van der Waals surface area (Å²) in [5.41, 5.74) is 4.19. The summed E-state index contributed by atoms with van der Waals surface area (Å²) in [7, 11) is -3.08. The van der Waals surface area contributed by atoms with Gasteiger partial charge < -0.3 is 9.72 Å². The van der Waals surface area contributed by atoms with Crippen molar-refractivity contribution in [3.05, 3.63) is 83.0 Å². The normalized spacial score (nSPS) is 21.2. The van der Waals surface area contributed by atoms with Gasteiger partial charge in [0.15, 0.2) is 0 Å². The summed E-state index contributed by atoms with van der Waals surface area (Å²) in [6, 6.07) is 13.4. The summed E-state index contributed by atoms with van der Waals surface area (Å²) in [6.07, 6.45) is 8.80. The number of hydrogen-bond acceptors (Lipinski definition) is 6. The molecule has 0 aliphatic heterocycles. The lowest BCUT2D eigenvalue weighted by Gasteiger charge is -2.11. The van der Waals surface area contributed by atoms with E-state index in [1.807, 2.05) is 30.5 Å². The molecule has 0 spiro atoms. The summed E-state index contributed by atoms with van der Waals surface area (Å²) >= 11 is 6.08. The van der Waals surface area contributed by atoms with Gasteiger partial charge in [0.2, 0.25) is 0 Å². The van der Waals surface area contributed by atoms with Gasteiger partial charge in [-0.1, -0.05) is 29.8 Å². The zero-order valence-corrected chi connectivity index (χ0v) is 19.9. The Morgan fingerprint density at radius 1 is 1.09 bits per heavy atom. The second-order valence-corrected chi connectivity index (χ2v) is 11.5. The van der Waals surface area contributed by atoms with E-state index in [1.54, 1.807) is 6.07 Å². The molecule has 8 nitrogen and oxygen atoms in total. The first kappa shape index (κ1) is 21.4. The zero-order valence-electron chi connectivity index (χ0n) is 18.3. The maximum Gasteiger partial charge on any atom is 0.143 e. The maximum absolute atomic E-state index is 13.1. The van der Waals surface area contributed by atoms with Gasteiger partial charge in [0.05, 0.1) is 17.5 Å². The summed E-state index contributed by atoms with van der Waals surface area (Å²) in [5, 5.41) is 3.61. The highest BCUT2D eigenvalue weighted by Gasteiger charge is 2.46. The van der Waals surface area contributed by atoms with Gasteiger partial charge in [0.1, 0.15) is 33.5 Å². The van der Waals surface area contributed by atoms with Crippen LogP contribution in [0.15, 0.2) is 61.2 Å². The number of nitrogens with one attached hydrogen (secondary N) is 3. The average molecular weight is 494 g/mol. The first-order valence-corrected chi connectivity index (χ1v) is 13.3. The molecule has 3 heterocycles. The van der Waals surface area contributed by atoms with Crippen LogP contribution in [-0.2, 0) is 16.5 Å². The van der Waals surface area contributed by atoms with E-state index in [1.165, 1.54) is 24.7 Å². The maximum atomic E-state index is 13.1. The summed E-state index contributed by atoms with van der Waals surface area (Å²) in [4.78, 5) is 13.1. The van der Waals surface area contributed by atoms with E-state index in [4.69, 9.17) is 16.4 Å². The Labute approximate surface area is 202 Å². The Bertz CT molecular complexity index is 1480. The number of aromatic nitrogens is 4. The van der Waals surface area contributed by atoms with Crippen LogP contribution in [0.25, 0.3) is 5.65 Å². The van der Waals surface area contributed by atoms with Crippen LogP contribution in [0.5, 0.6) is 0 Å². The fourth-order valence-electron chi connectivity index (χ4n) is 4.35. The SMILES string of the molecule is N=[S@](=O)(Nc1cc(NCc2cn3cc(C4CC4)ccc3n2)ncn1)[C@H]1C[C@@H]1c1cccc(Cl)c1. The molecule has 174 valence electrons. The predicted molar refractivity (Wildman–Crippen MR) is 134 cm³/mol. The Kier molecular flexibility index (Phi) is 5.18. The molecule has 2 aliphatic carbocycles. The molecular weight excluding hydrogens is 470 g/mol. The predicted octanol–water partition coefficient (Wildman–Crippen LogP) is 5.20. The van der Waals surface area contributed by atoms with Crippen LogP contribution in [0.1, 0.15) is 47.9 Å². The summed E-state index contributed by atoms with van der Waals surface area (Å²) in [6.45, 7) is 0.493. The van der Waals surface area contributed by atoms with Crippen molar-refractivity contribution >= 4 is 38.8 Å². The monoisotopic (exact) mass is 493 g/mol. The molecule has 2 aliphatic rings. The van der Waals surface area contributed by atoms with Crippen molar-refractivity contribution in [2.24, 2.45) is 0 Å². The van der Waals surface area contributed by atoms with Crippen molar-refractivity contribution in [3.8, 4) is 0 Å². The Morgan fingerprint density at radius 3 is 2.76 bits per heavy atom. The highest BCUT2D eigenvalue weighted by Crippen LogP contribution is 2.47. The number of fused-ring (bicyclic) bond motifs is 1. The van der Waals surface area contributed by atoms with E-state index < -0.39 is 9.92 Å². The Balaban J connectivity index is 1.11. The number of imidazole rings is 1. The van der Waals surface area contributed by atoms with Crippen LogP contribution in [0.4, 0.5) is 11.6 Å². The minimum absolute atomic E-state index is 0.0612. The lowest BCUT2D eigenvalue weighted by atomic mass is 10.1. The van der Waals surface area contributed by atoms with Gasteiger partial charge >= 0.3 is 0 Å². The van der Waals surface area contributed by atoms with E-state index in [-0.39, 0.29) is 11.2 Å². The summed E-state index contributed by atoms with van der Waals surface area (Å²) < 4.78 is 26.4. The molecule has 3 atom stereocenters. The van der Waals surface area contributed by atoms with Gasteiger partial charge in [-0.3, -0.25) is 4.72 Å². The fourth-order valence-corrected chi connectivity index (χ4v) is 6.22. The molecule has 10 heteroatoms. The van der Waals surface area contributed by atoms with E-state index >= 15 is 0 Å². The first-order chi connectivity index (χ1) is 16.4. The van der Waals surface area contributed by atoms with Crippen LogP contribution < -0.4 is 10.0 Å². The Morgan fingerprint density at radius 2 is 1.94 bits per heavy atom. The second-order valence-electron chi connectivity index (χ2n) is 9.01. The average Bonchev–Trinajstić information content (AvgIpc) is 3.73. The third kappa shape index (κ3) is 4.45. The van der Waals surface area contributed by atoms with Crippen LogP contribution in [0, 0.1) is 4.78 Å². The fraction of sp³-hybridized carbons (Fsp3) is 0.292. The number of pyridine rings is 1. The van der Waals surface area contributed by atoms with E-state index in [2.05, 4.69) is 47.7 Å². The van der Waals surface area contributed by atoms with Gasteiger partial charge in [-0.15, -0.1) is 0 Å². The highest BCUT2D eigenvalue weighted by atomic mass is 35.5. The third-order valence-corrected chi connectivity index (χ3v) is 8.50. The van der Waals surface area contributed by atoms with E-state index in [0.717, 1.165) is 16.9 Å². The number of anilines is 2. The first-order valence-electron chi connectivity index (χ1n) is 11.3. The van der Waals surface area contributed by atoms with Crippen molar-refractivity contribution in [2.45, 2.75) is 42.9 Å². The molecule has 6 rings (SSSR count). The Hall–Kier alpha value is -3.17. The van der Waals surface area contributed by atoms with Gasteiger partial charge in [-0.05, 0) is 54.5 Å². The second kappa shape index (κ2) is 8.25. The minimum Gasteiger partial charge on any atom is -0.364 e. The number of hydrogen-bond donors (Lipinski definition) is 3. The molecule has 4 aromatic rings. The zero-order chi connectivity index (χ0) is 23.3. The summed E-state index contributed by atoms with van der Waals surface area (Å²) in [5.74, 6) is 1.69. The van der Waals surface area contributed by atoms with Crippen molar-refractivity contribution < 1.29 is 4.21 Å². The molecule has 3 N–H and O–H groups in total. The smallest absolute Gasteiger partial charge is 0.143 e. The molecular formula is C24H24ClN7OS. The van der Waals surface area contributed by atoms with Crippen molar-refractivity contribution in [3.63, 3.8) is 0 Å². The van der Waals surface area contributed by atoms with Crippen molar-refractivity contribution in [1.82, 2.24) is 19.4 Å². The van der Waals surface area contributed by atoms with E-state index in [9.17, 15) is 4.21 Å². The molecule has 2 fully saturated rings. The number of rotatable bonds is 8. The quantitative estimate of drug-likeness (QED) is 0.313. The highest BCUT2D eigenvalue weighted by molar-refractivity contribution is 7.94. The van der Waals surface area contributed by atoms with Crippen molar-refractivity contribution in [2.75, 3.05) is 10.0 Å². The van der Waals surface area contributed by atoms with Gasteiger partial charge in [0.25, 0.3) is 0 Å². The molecule has 0 bridgehead atoms. The van der Waals surface area contributed by atoms with Gasteiger partial charge in [-0.25, -0.2) is 23.9 Å². The lowest BCUT2D eigenvalue weighted by Crippen LogP contribution is -2.18. The van der Waals surface area contributed by atoms with E-state index in [0.29, 0.717) is 35.5 Å². The van der Waals surface area contributed by atoms with Crippen LogP contribution >= 0.6 is 11.6 Å². The molecule has 0 saturated heterocycles. The molecule has 1 aromatic carbocycles. The van der Waals surface area contributed by atoms with Gasteiger partial charge in [-0.2, -0.15) is 0 Å². The minimum atomic E-state index is -3.08. The van der Waals surface area contributed by atoms with Crippen LogP contribution in [0.3, 0.4) is 0 Å². The van der Waals surface area contributed by atoms with Crippen molar-refractivity contribution in [1.29, 1.82) is 4.78 Å². The van der Waals surface area contributed by atoms with Crippen LogP contribution in [0.2, 0.25) is 5.02 Å². The number of benzene rings is 1. The molecule has 2 saturated carbocycles. The largest absolute Gasteiger partial charge is 0.364 e. The lowest BCUT2D eigenvalue weighted by molar-refractivity contribution is 0.676. The van der Waals surface area contributed by atoms with Gasteiger partial charge in [0, 0.05) is 29.4 Å². The standard InChI is InChI=1S/C24H24ClN7OS/c25-18-3-1-2-16(8-18)20-9-21(20)34(26,33)31-23-10-22(28-14-29-23)27-11-19-13-32-12-17(15-4-5-15)6-7-24(32)30-19/h1-3,6-8,10,12-15,20-21H,4-5,9,11H2,(H3,26,27,28,29,31,33)/t20-,21+,34+/m1/s1. The third-order valence-electron chi connectivity index (χ3n) is 6.38. The molecule has 34 heavy (non-hydrogen) atoms. The molecule has 0 radical (unpaired) electrons. The molecule has 3 aromatic heterocycles.